The highest BCUT2D eigenvalue weighted by atomic mass is 35.5. The summed E-state index contributed by atoms with van der Waals surface area (Å²) in [6.45, 7) is 5.37. The number of aliphatic imine (C=N–C) groups is 1. The van der Waals surface area contributed by atoms with Gasteiger partial charge in [-0.3, -0.25) is 9.79 Å². The highest BCUT2D eigenvalue weighted by Gasteiger charge is 2.50. The van der Waals surface area contributed by atoms with Crippen molar-refractivity contribution in [3.63, 3.8) is 0 Å². The van der Waals surface area contributed by atoms with Crippen molar-refractivity contribution < 1.29 is 9.53 Å². The van der Waals surface area contributed by atoms with E-state index >= 15 is 0 Å². The summed E-state index contributed by atoms with van der Waals surface area (Å²) >= 11 is 6.70. The molecule has 2 aliphatic carbocycles. The normalized spacial score (nSPS) is 35.6. The van der Waals surface area contributed by atoms with Crippen molar-refractivity contribution in [2.45, 2.75) is 39.2 Å². The first-order chi connectivity index (χ1) is 13.6. The van der Waals surface area contributed by atoms with E-state index in [0.29, 0.717) is 35.8 Å². The molecule has 0 amide bonds. The quantitative estimate of drug-likeness (QED) is 0.719. The maximum absolute atomic E-state index is 12.5. The second kappa shape index (κ2) is 6.80. The van der Waals surface area contributed by atoms with Crippen molar-refractivity contribution in [2.75, 3.05) is 13.2 Å². The Morgan fingerprint density at radius 3 is 3.07 bits per heavy atom. The monoisotopic (exact) mass is 399 g/mol. The molecule has 0 saturated carbocycles. The summed E-state index contributed by atoms with van der Waals surface area (Å²) in [5.41, 5.74) is 5.10. The summed E-state index contributed by atoms with van der Waals surface area (Å²) in [7, 11) is 0. The van der Waals surface area contributed by atoms with Gasteiger partial charge in [0.2, 0.25) is 0 Å². The summed E-state index contributed by atoms with van der Waals surface area (Å²) in [5, 5.41) is 4.26. The van der Waals surface area contributed by atoms with E-state index in [1.807, 2.05) is 19.2 Å². The van der Waals surface area contributed by atoms with E-state index in [2.05, 4.69) is 34.4 Å². The Morgan fingerprint density at radius 1 is 1.39 bits per heavy atom. The predicted octanol–water partition coefficient (Wildman–Crippen LogP) is 3.71. The first-order valence-electron chi connectivity index (χ1n) is 10.3. The first-order valence-corrected chi connectivity index (χ1v) is 10.7. The van der Waals surface area contributed by atoms with Crippen LogP contribution in [0.3, 0.4) is 0 Å². The summed E-state index contributed by atoms with van der Waals surface area (Å²) < 4.78 is 5.31. The molecule has 1 fully saturated rings. The maximum Gasteiger partial charge on any atom is 0.312 e. The molecular formula is C22H26ClN3O2. The molecule has 0 aromatic carbocycles. The van der Waals surface area contributed by atoms with E-state index in [1.54, 1.807) is 0 Å². The number of dihydropyridines is 1. The lowest BCUT2D eigenvalue weighted by molar-refractivity contribution is -0.146. The van der Waals surface area contributed by atoms with Crippen molar-refractivity contribution in [1.29, 1.82) is 0 Å². The summed E-state index contributed by atoms with van der Waals surface area (Å²) in [5.74, 6) is 0.897. The number of carbonyl (C=O) groups excluding carboxylic acids is 1. The third-order valence-electron chi connectivity index (χ3n) is 6.83. The highest BCUT2D eigenvalue weighted by Crippen LogP contribution is 2.54. The molecule has 5 aliphatic rings. The van der Waals surface area contributed by atoms with Crippen LogP contribution in [0.2, 0.25) is 0 Å². The van der Waals surface area contributed by atoms with Crippen molar-refractivity contribution in [2.24, 2.45) is 28.7 Å². The first kappa shape index (κ1) is 18.0. The second-order valence-electron chi connectivity index (χ2n) is 8.33. The Balaban J connectivity index is 1.62. The summed E-state index contributed by atoms with van der Waals surface area (Å²) in [6.07, 6.45) is 11.1. The summed E-state index contributed by atoms with van der Waals surface area (Å²) in [6, 6.07) is 0.0439. The van der Waals surface area contributed by atoms with Crippen LogP contribution in [0, 0.1) is 23.7 Å². The molecule has 3 unspecified atom stereocenters. The molecule has 1 saturated heterocycles. The predicted molar refractivity (Wildman–Crippen MR) is 109 cm³/mol. The Morgan fingerprint density at radius 2 is 2.25 bits per heavy atom. The average molecular weight is 400 g/mol. The number of allylic oxidation sites excluding steroid dienone is 3. The molecule has 6 heteroatoms. The number of hydrogen-bond acceptors (Lipinski definition) is 5. The van der Waals surface area contributed by atoms with Crippen LogP contribution in [-0.4, -0.2) is 36.3 Å². The number of hydrogen-bond donors (Lipinski definition) is 1. The second-order valence-corrected chi connectivity index (χ2v) is 8.74. The van der Waals surface area contributed by atoms with E-state index in [9.17, 15) is 4.79 Å². The fraction of sp³-hybridized carbons (Fsp3) is 0.545. The van der Waals surface area contributed by atoms with Crippen LogP contribution >= 0.6 is 11.6 Å². The van der Waals surface area contributed by atoms with Crippen molar-refractivity contribution in [3.8, 4) is 0 Å². The Kier molecular flexibility index (Phi) is 4.38. The van der Waals surface area contributed by atoms with E-state index in [0.717, 1.165) is 12.1 Å². The molecule has 5 nitrogen and oxygen atoms in total. The number of ether oxygens (including phenoxy) is 1. The number of nitrogens with zero attached hydrogens (tertiary/aromatic N) is 2. The molecule has 28 heavy (non-hydrogen) atoms. The molecule has 148 valence electrons. The number of carbonyl (C=O) groups is 1. The van der Waals surface area contributed by atoms with E-state index in [-0.39, 0.29) is 17.9 Å². The fourth-order valence-corrected chi connectivity index (χ4v) is 5.86. The van der Waals surface area contributed by atoms with Gasteiger partial charge in [0, 0.05) is 58.5 Å². The number of fused-ring (bicyclic) bond motifs is 5. The molecule has 0 spiro atoms. The van der Waals surface area contributed by atoms with Crippen LogP contribution in [-0.2, 0) is 9.53 Å². The molecular weight excluding hydrogens is 374 g/mol. The number of esters is 1. The van der Waals surface area contributed by atoms with Crippen LogP contribution in [0.4, 0.5) is 0 Å². The molecule has 5 atom stereocenters. The number of nitrogens with one attached hydrogen (secondary N) is 1. The number of rotatable bonds is 2. The van der Waals surface area contributed by atoms with Gasteiger partial charge in [-0.2, -0.15) is 0 Å². The van der Waals surface area contributed by atoms with Gasteiger partial charge in [0.1, 0.15) is 0 Å². The van der Waals surface area contributed by atoms with Gasteiger partial charge in [0.05, 0.1) is 18.6 Å². The van der Waals surface area contributed by atoms with E-state index in [4.69, 9.17) is 16.3 Å². The minimum absolute atomic E-state index is 0.0439. The van der Waals surface area contributed by atoms with Crippen molar-refractivity contribution in [3.05, 3.63) is 46.0 Å². The van der Waals surface area contributed by atoms with Gasteiger partial charge in [0.15, 0.2) is 0 Å². The largest absolute Gasteiger partial charge is 0.466 e. The smallest absolute Gasteiger partial charge is 0.312 e. The Labute approximate surface area is 170 Å². The molecule has 0 bridgehead atoms. The zero-order valence-corrected chi connectivity index (χ0v) is 17.1. The molecule has 1 N–H and O–H groups in total. The highest BCUT2D eigenvalue weighted by molar-refractivity contribution is 6.32. The third kappa shape index (κ3) is 2.59. The van der Waals surface area contributed by atoms with Crippen molar-refractivity contribution >= 4 is 23.8 Å². The topological polar surface area (TPSA) is 53.9 Å². The molecule has 0 aromatic heterocycles. The zero-order valence-electron chi connectivity index (χ0n) is 16.3. The number of halogens is 1. The lowest BCUT2D eigenvalue weighted by Gasteiger charge is -2.38. The van der Waals surface area contributed by atoms with Gasteiger partial charge in [-0.15, -0.1) is 0 Å². The van der Waals surface area contributed by atoms with Gasteiger partial charge in [-0.25, -0.2) is 0 Å². The molecule has 3 aliphatic heterocycles. The zero-order chi connectivity index (χ0) is 19.4. The van der Waals surface area contributed by atoms with Crippen LogP contribution in [0.25, 0.3) is 0 Å². The Hall–Kier alpha value is -2.01. The lowest BCUT2D eigenvalue weighted by atomic mass is 9.79. The van der Waals surface area contributed by atoms with Crippen LogP contribution in [0.1, 0.15) is 33.1 Å². The van der Waals surface area contributed by atoms with Crippen LogP contribution in [0.5, 0.6) is 0 Å². The fourth-order valence-electron chi connectivity index (χ4n) is 5.53. The van der Waals surface area contributed by atoms with Crippen LogP contribution < -0.4 is 5.32 Å². The maximum atomic E-state index is 12.5. The average Bonchev–Trinajstić information content (AvgIpc) is 2.91. The van der Waals surface area contributed by atoms with Gasteiger partial charge in [-0.05, 0) is 38.2 Å². The Bertz CT molecular complexity index is 869. The minimum Gasteiger partial charge on any atom is -0.466 e. The minimum atomic E-state index is -0.312. The molecule has 0 radical (unpaired) electrons. The standard InChI is InChI=1S/C22H26ClN3O2/c1-3-28-22(27)13-8-17(23)16-11-25-20-12(2)4-5-14-15-10-24-7-6-18(15)26(21(14)20)19(16)9-13/h6-8,11-15,19,25H,3-5,9-10H2,1-2H3/t12?,13?,14-,15-,19?/m1/s1. The SMILES string of the molecule is CCOC(=O)C1C=C(Cl)C2=CNC3=C4[C@H](CCC3C)[C@H]3CN=CC=C3N4C2C1. The van der Waals surface area contributed by atoms with Gasteiger partial charge in [0.25, 0.3) is 0 Å². The molecule has 0 aromatic rings. The van der Waals surface area contributed by atoms with E-state index < -0.39 is 0 Å². The molecule has 5 rings (SSSR count). The summed E-state index contributed by atoms with van der Waals surface area (Å²) in [4.78, 5) is 19.5. The lowest BCUT2D eigenvalue weighted by Crippen LogP contribution is -2.39. The van der Waals surface area contributed by atoms with Crippen LogP contribution in [0.15, 0.2) is 51.0 Å². The van der Waals surface area contributed by atoms with E-state index in [1.165, 1.54) is 29.9 Å². The van der Waals surface area contributed by atoms with Gasteiger partial charge >= 0.3 is 5.97 Å². The van der Waals surface area contributed by atoms with Gasteiger partial charge in [-0.1, -0.05) is 24.6 Å². The molecule has 3 heterocycles. The third-order valence-corrected chi connectivity index (χ3v) is 7.17. The van der Waals surface area contributed by atoms with Crippen molar-refractivity contribution in [1.82, 2.24) is 10.2 Å². The van der Waals surface area contributed by atoms with Gasteiger partial charge < -0.3 is 15.0 Å².